The maximum absolute atomic E-state index is 14.7. The van der Waals surface area contributed by atoms with E-state index in [2.05, 4.69) is 15.0 Å². The molecule has 1 amide bonds. The third kappa shape index (κ3) is 3.67. The van der Waals surface area contributed by atoms with E-state index in [1.165, 1.54) is 32.6 Å². The Morgan fingerprint density at radius 1 is 1.18 bits per heavy atom. The molecule has 0 spiro atoms. The van der Waals surface area contributed by atoms with Crippen LogP contribution in [0.2, 0.25) is 0 Å². The van der Waals surface area contributed by atoms with Gasteiger partial charge in [0.1, 0.15) is 18.0 Å². The fraction of sp³-hybridized carbons (Fsp3) is 0.200. The van der Waals surface area contributed by atoms with Gasteiger partial charge in [-0.2, -0.15) is 0 Å². The van der Waals surface area contributed by atoms with Gasteiger partial charge in [-0.3, -0.25) is 9.63 Å². The van der Waals surface area contributed by atoms with Crippen molar-refractivity contribution in [2.45, 2.75) is 13.3 Å². The van der Waals surface area contributed by atoms with Gasteiger partial charge in [-0.25, -0.2) is 24.4 Å². The summed E-state index contributed by atoms with van der Waals surface area (Å²) in [5.74, 6) is -0.841. The molecule has 0 unspecified atom stereocenters. The first-order chi connectivity index (χ1) is 13.5. The van der Waals surface area contributed by atoms with Gasteiger partial charge in [-0.05, 0) is 30.7 Å². The van der Waals surface area contributed by atoms with E-state index < -0.39 is 11.7 Å². The number of carbonyl (C=O) groups is 1. The number of hydroxylamine groups is 2. The normalized spacial score (nSPS) is 10.7. The van der Waals surface area contributed by atoms with Crippen LogP contribution < -0.4 is 5.73 Å². The number of rotatable bonds is 5. The van der Waals surface area contributed by atoms with E-state index in [1.807, 2.05) is 13.0 Å². The Kier molecular flexibility index (Phi) is 5.60. The Morgan fingerprint density at radius 3 is 2.54 bits per heavy atom. The summed E-state index contributed by atoms with van der Waals surface area (Å²) in [5.41, 5.74) is 9.01. The molecule has 0 atom stereocenters. The molecule has 0 fully saturated rings. The molecule has 2 N–H and O–H groups in total. The highest BCUT2D eigenvalue weighted by atomic mass is 19.1. The van der Waals surface area contributed by atoms with Crippen molar-refractivity contribution in [1.29, 1.82) is 0 Å². The lowest BCUT2D eigenvalue weighted by molar-refractivity contribution is -0.0759. The summed E-state index contributed by atoms with van der Waals surface area (Å²) in [7, 11) is 2.75. The molecule has 0 saturated carbocycles. The second-order valence-corrected chi connectivity index (χ2v) is 6.05. The molecule has 0 bridgehead atoms. The van der Waals surface area contributed by atoms with Crippen LogP contribution in [0.4, 0.5) is 10.2 Å². The van der Waals surface area contributed by atoms with Gasteiger partial charge in [0.05, 0.1) is 24.1 Å². The highest BCUT2D eigenvalue weighted by Crippen LogP contribution is 2.33. The number of carbonyl (C=O) groups excluding carboxylic acids is 1. The molecule has 0 aliphatic carbocycles. The molecular weight excluding hydrogens is 361 g/mol. The fourth-order valence-electron chi connectivity index (χ4n) is 2.85. The molecule has 1 aromatic carbocycles. The standard InChI is InChI=1S/C20H20FN5O2/c1-4-16-18(13-6-8-17(22)23-10-13)19(25-11-24-16)12-5-7-14(15(21)9-12)20(27)26(2)28-3/h5-11H,4H2,1-3H3,(H2,22,23). The van der Waals surface area contributed by atoms with E-state index in [0.29, 0.717) is 23.5 Å². The number of halogens is 1. The zero-order valence-corrected chi connectivity index (χ0v) is 15.8. The molecular formula is C20H20FN5O2. The molecule has 8 heteroatoms. The Labute approximate surface area is 162 Å². The highest BCUT2D eigenvalue weighted by molar-refractivity contribution is 5.94. The number of aryl methyl sites for hydroxylation is 1. The number of aromatic nitrogens is 3. The molecule has 3 aromatic rings. The molecule has 0 saturated heterocycles. The van der Waals surface area contributed by atoms with Crippen LogP contribution in [-0.4, -0.2) is 40.1 Å². The summed E-state index contributed by atoms with van der Waals surface area (Å²) in [5, 5.41) is 0.962. The maximum Gasteiger partial charge on any atom is 0.280 e. The Morgan fingerprint density at radius 2 is 1.93 bits per heavy atom. The van der Waals surface area contributed by atoms with Crippen molar-refractivity contribution in [2.24, 2.45) is 0 Å². The van der Waals surface area contributed by atoms with Crippen molar-refractivity contribution >= 4 is 11.7 Å². The van der Waals surface area contributed by atoms with E-state index >= 15 is 0 Å². The lowest BCUT2D eigenvalue weighted by atomic mass is 9.97. The quantitative estimate of drug-likeness (QED) is 0.683. The molecule has 0 aliphatic heterocycles. The molecule has 144 valence electrons. The van der Waals surface area contributed by atoms with E-state index in [1.54, 1.807) is 18.3 Å². The maximum atomic E-state index is 14.7. The van der Waals surface area contributed by atoms with Crippen LogP contribution >= 0.6 is 0 Å². The average molecular weight is 381 g/mol. The SMILES string of the molecule is CCc1ncnc(-c2ccc(C(=O)N(C)OC)c(F)c2)c1-c1ccc(N)nc1. The van der Waals surface area contributed by atoms with Crippen molar-refractivity contribution in [1.82, 2.24) is 20.0 Å². The first-order valence-corrected chi connectivity index (χ1v) is 8.64. The summed E-state index contributed by atoms with van der Waals surface area (Å²) in [6.45, 7) is 1.98. The van der Waals surface area contributed by atoms with Gasteiger partial charge in [0.25, 0.3) is 5.91 Å². The van der Waals surface area contributed by atoms with Crippen LogP contribution in [0.1, 0.15) is 23.0 Å². The van der Waals surface area contributed by atoms with Gasteiger partial charge >= 0.3 is 0 Å². The zero-order valence-electron chi connectivity index (χ0n) is 15.8. The summed E-state index contributed by atoms with van der Waals surface area (Å²) in [6.07, 6.45) is 3.74. The summed E-state index contributed by atoms with van der Waals surface area (Å²) in [6, 6.07) is 7.86. The number of nitrogens with zero attached hydrogens (tertiary/aromatic N) is 4. The fourth-order valence-corrected chi connectivity index (χ4v) is 2.85. The average Bonchev–Trinajstić information content (AvgIpc) is 2.72. The minimum Gasteiger partial charge on any atom is -0.384 e. The number of anilines is 1. The first-order valence-electron chi connectivity index (χ1n) is 8.64. The van der Waals surface area contributed by atoms with Crippen LogP contribution in [0.15, 0.2) is 42.9 Å². The Hall–Kier alpha value is -3.39. The van der Waals surface area contributed by atoms with Crippen molar-refractivity contribution in [3.05, 3.63) is 59.9 Å². The van der Waals surface area contributed by atoms with Crippen LogP contribution in [0.3, 0.4) is 0 Å². The van der Waals surface area contributed by atoms with E-state index in [4.69, 9.17) is 10.6 Å². The summed E-state index contributed by atoms with van der Waals surface area (Å²) < 4.78 is 14.7. The Balaban J connectivity index is 2.13. The minimum atomic E-state index is -0.663. The number of hydrogen-bond acceptors (Lipinski definition) is 6. The molecule has 2 aromatic heterocycles. The van der Waals surface area contributed by atoms with Gasteiger partial charge < -0.3 is 5.73 Å². The van der Waals surface area contributed by atoms with Gasteiger partial charge in [0.15, 0.2) is 0 Å². The molecule has 2 heterocycles. The van der Waals surface area contributed by atoms with Crippen LogP contribution in [0, 0.1) is 5.82 Å². The van der Waals surface area contributed by atoms with Crippen molar-refractivity contribution in [3.8, 4) is 22.4 Å². The Bertz CT molecular complexity index is 1010. The lowest BCUT2D eigenvalue weighted by Gasteiger charge is -2.15. The van der Waals surface area contributed by atoms with Crippen LogP contribution in [0.25, 0.3) is 22.4 Å². The second-order valence-electron chi connectivity index (χ2n) is 6.05. The summed E-state index contributed by atoms with van der Waals surface area (Å²) in [4.78, 5) is 29.9. The predicted octanol–water partition coefficient (Wildman–Crippen LogP) is 3.12. The van der Waals surface area contributed by atoms with E-state index in [0.717, 1.165) is 21.9 Å². The van der Waals surface area contributed by atoms with Gasteiger partial charge in [-0.1, -0.05) is 13.0 Å². The summed E-state index contributed by atoms with van der Waals surface area (Å²) >= 11 is 0. The van der Waals surface area contributed by atoms with Crippen molar-refractivity contribution in [3.63, 3.8) is 0 Å². The smallest absolute Gasteiger partial charge is 0.280 e. The van der Waals surface area contributed by atoms with Crippen LogP contribution in [-0.2, 0) is 11.3 Å². The van der Waals surface area contributed by atoms with E-state index in [9.17, 15) is 9.18 Å². The number of nitrogens with two attached hydrogens (primary N) is 1. The predicted molar refractivity (Wildman–Crippen MR) is 104 cm³/mol. The monoisotopic (exact) mass is 381 g/mol. The topological polar surface area (TPSA) is 94.2 Å². The number of pyridine rings is 1. The first kappa shape index (κ1) is 19.4. The molecule has 0 aliphatic rings. The largest absolute Gasteiger partial charge is 0.384 e. The van der Waals surface area contributed by atoms with Gasteiger partial charge in [0.2, 0.25) is 0 Å². The second kappa shape index (κ2) is 8.10. The number of amides is 1. The van der Waals surface area contributed by atoms with E-state index in [-0.39, 0.29) is 5.56 Å². The molecule has 28 heavy (non-hydrogen) atoms. The van der Waals surface area contributed by atoms with Crippen molar-refractivity contribution in [2.75, 3.05) is 19.9 Å². The number of benzene rings is 1. The van der Waals surface area contributed by atoms with Gasteiger partial charge in [0, 0.05) is 29.9 Å². The molecule has 0 radical (unpaired) electrons. The third-order valence-electron chi connectivity index (χ3n) is 4.37. The van der Waals surface area contributed by atoms with Crippen molar-refractivity contribution < 1.29 is 14.0 Å². The zero-order chi connectivity index (χ0) is 20.3. The van der Waals surface area contributed by atoms with Crippen LogP contribution in [0.5, 0.6) is 0 Å². The minimum absolute atomic E-state index is 0.0893. The number of hydrogen-bond donors (Lipinski definition) is 1. The molecule has 3 rings (SSSR count). The number of nitrogen functional groups attached to an aromatic ring is 1. The lowest BCUT2D eigenvalue weighted by Crippen LogP contribution is -2.26. The van der Waals surface area contributed by atoms with Gasteiger partial charge in [-0.15, -0.1) is 0 Å². The molecule has 7 nitrogen and oxygen atoms in total. The third-order valence-corrected chi connectivity index (χ3v) is 4.37. The highest BCUT2D eigenvalue weighted by Gasteiger charge is 2.20.